The molecular weight excluding hydrogens is 208 g/mol. The fourth-order valence-electron chi connectivity index (χ4n) is 2.28. The third kappa shape index (κ3) is 4.69. The van der Waals surface area contributed by atoms with Crippen molar-refractivity contribution >= 4 is 16.2 Å². The van der Waals surface area contributed by atoms with Gasteiger partial charge in [0.2, 0.25) is 0 Å². The molecule has 6 heteroatoms. The smallest absolute Gasteiger partial charge is 0.300 e. The van der Waals surface area contributed by atoms with E-state index in [1.54, 1.807) is 0 Å². The van der Waals surface area contributed by atoms with Crippen molar-refractivity contribution in [2.75, 3.05) is 0 Å². The van der Waals surface area contributed by atoms with Crippen LogP contribution in [0.3, 0.4) is 0 Å². The summed E-state index contributed by atoms with van der Waals surface area (Å²) >= 11 is 0. The van der Waals surface area contributed by atoms with Gasteiger partial charge in [0.1, 0.15) is 5.78 Å². The summed E-state index contributed by atoms with van der Waals surface area (Å²) in [4.78, 5) is 10.9. The van der Waals surface area contributed by atoms with Gasteiger partial charge in [-0.1, -0.05) is 0 Å². The molecule has 0 saturated heterocycles. The summed E-state index contributed by atoms with van der Waals surface area (Å²) in [7, 11) is -4.67. The van der Waals surface area contributed by atoms with Crippen LogP contribution >= 0.6 is 0 Å². The molecular formula is C8H14O5S. The average molecular weight is 222 g/mol. The van der Waals surface area contributed by atoms with E-state index in [1.807, 2.05) is 0 Å². The van der Waals surface area contributed by atoms with Crippen LogP contribution in [-0.4, -0.2) is 23.3 Å². The topological polar surface area (TPSA) is 91.7 Å². The lowest BCUT2D eigenvalue weighted by Crippen LogP contribution is -2.14. The molecule has 2 rings (SSSR count). The summed E-state index contributed by atoms with van der Waals surface area (Å²) in [5, 5.41) is 0. The number of carbonyl (C=O) groups is 1. The van der Waals surface area contributed by atoms with Crippen LogP contribution in [0.5, 0.6) is 0 Å². The number of fused-ring (bicyclic) bond motifs is 2. The van der Waals surface area contributed by atoms with E-state index in [2.05, 4.69) is 0 Å². The van der Waals surface area contributed by atoms with Gasteiger partial charge in [0.05, 0.1) is 0 Å². The quantitative estimate of drug-likeness (QED) is 0.599. The van der Waals surface area contributed by atoms with Gasteiger partial charge < -0.3 is 0 Å². The van der Waals surface area contributed by atoms with Gasteiger partial charge in [0.15, 0.2) is 0 Å². The Bertz CT molecular complexity index is 286. The van der Waals surface area contributed by atoms with Crippen LogP contribution < -0.4 is 0 Å². The van der Waals surface area contributed by atoms with Crippen LogP contribution in [0.15, 0.2) is 0 Å². The predicted molar refractivity (Wildman–Crippen MR) is 49.2 cm³/mol. The predicted octanol–water partition coefficient (Wildman–Crippen LogP) is 1.11. The van der Waals surface area contributed by atoms with Gasteiger partial charge in [-0.15, -0.1) is 0 Å². The zero-order valence-corrected chi connectivity index (χ0v) is 8.53. The van der Waals surface area contributed by atoms with Gasteiger partial charge >= 0.3 is 10.4 Å². The van der Waals surface area contributed by atoms with E-state index in [4.69, 9.17) is 17.5 Å². The SMILES string of the molecule is O=C1CC2CCC(C1)C2.O=S(=O)(O)O. The molecule has 2 N–H and O–H groups in total. The normalized spacial score (nSPS) is 30.9. The summed E-state index contributed by atoms with van der Waals surface area (Å²) in [6.45, 7) is 0. The summed E-state index contributed by atoms with van der Waals surface area (Å²) < 4.78 is 31.6. The van der Waals surface area contributed by atoms with E-state index in [0.29, 0.717) is 5.78 Å². The van der Waals surface area contributed by atoms with E-state index < -0.39 is 10.4 Å². The first-order chi connectivity index (χ1) is 6.34. The molecule has 82 valence electrons. The van der Waals surface area contributed by atoms with E-state index in [-0.39, 0.29) is 0 Å². The second kappa shape index (κ2) is 4.37. The number of hydrogen-bond acceptors (Lipinski definition) is 3. The minimum Gasteiger partial charge on any atom is -0.300 e. The molecule has 0 heterocycles. The molecule has 0 spiro atoms. The highest BCUT2D eigenvalue weighted by Crippen LogP contribution is 2.39. The van der Waals surface area contributed by atoms with Crippen molar-refractivity contribution in [3.63, 3.8) is 0 Å². The summed E-state index contributed by atoms with van der Waals surface area (Å²) in [5.41, 5.74) is 0. The standard InChI is InChI=1S/C8H12O.H2O4S/c9-8-4-6-1-2-7(3-6)5-8;1-5(2,3)4/h6-7H,1-5H2;(H2,1,2,3,4). The molecule has 0 aromatic heterocycles. The zero-order chi connectivity index (χ0) is 10.8. The number of rotatable bonds is 0. The monoisotopic (exact) mass is 222 g/mol. The van der Waals surface area contributed by atoms with Crippen molar-refractivity contribution in [2.24, 2.45) is 11.8 Å². The molecule has 2 aliphatic rings. The number of Topliss-reactive ketones (excluding diaryl/α,β-unsaturated/α-hetero) is 1. The molecule has 2 atom stereocenters. The lowest BCUT2D eigenvalue weighted by Gasteiger charge is -2.15. The highest BCUT2D eigenvalue weighted by atomic mass is 32.3. The Labute approximate surface area is 83.1 Å². The van der Waals surface area contributed by atoms with Crippen LogP contribution in [0, 0.1) is 11.8 Å². The van der Waals surface area contributed by atoms with Gasteiger partial charge in [-0.2, -0.15) is 8.42 Å². The van der Waals surface area contributed by atoms with Crippen molar-refractivity contribution in [1.29, 1.82) is 0 Å². The highest BCUT2D eigenvalue weighted by molar-refractivity contribution is 7.79. The van der Waals surface area contributed by atoms with Crippen molar-refractivity contribution in [1.82, 2.24) is 0 Å². The molecule has 2 bridgehead atoms. The molecule has 0 amide bonds. The third-order valence-corrected chi connectivity index (χ3v) is 2.68. The van der Waals surface area contributed by atoms with E-state index in [0.717, 1.165) is 24.7 Å². The summed E-state index contributed by atoms with van der Waals surface area (Å²) in [6, 6.07) is 0. The zero-order valence-electron chi connectivity index (χ0n) is 7.72. The third-order valence-electron chi connectivity index (χ3n) is 2.68. The molecule has 0 aromatic carbocycles. The van der Waals surface area contributed by atoms with Gasteiger partial charge in [0.25, 0.3) is 0 Å². The number of hydrogen-bond donors (Lipinski definition) is 2. The van der Waals surface area contributed by atoms with E-state index in [1.165, 1.54) is 19.3 Å². The van der Waals surface area contributed by atoms with Crippen molar-refractivity contribution in [3.8, 4) is 0 Å². The van der Waals surface area contributed by atoms with Crippen LogP contribution in [0.4, 0.5) is 0 Å². The van der Waals surface area contributed by atoms with Crippen LogP contribution in [0.1, 0.15) is 32.1 Å². The Kier molecular flexibility index (Phi) is 3.63. The van der Waals surface area contributed by atoms with Gasteiger partial charge in [-0.3, -0.25) is 13.9 Å². The molecule has 2 fully saturated rings. The summed E-state index contributed by atoms with van der Waals surface area (Å²) in [5.74, 6) is 2.10. The first kappa shape index (κ1) is 11.6. The summed E-state index contributed by atoms with van der Waals surface area (Å²) in [6.07, 6.45) is 5.81. The minimum absolute atomic E-state index is 0.522. The minimum atomic E-state index is -4.67. The van der Waals surface area contributed by atoms with Crippen molar-refractivity contribution < 1.29 is 22.3 Å². The maximum absolute atomic E-state index is 10.9. The maximum Gasteiger partial charge on any atom is 0.394 e. The maximum atomic E-state index is 10.9. The second-order valence-corrected chi connectivity index (χ2v) is 4.84. The Morgan fingerprint density at radius 3 is 1.79 bits per heavy atom. The van der Waals surface area contributed by atoms with Crippen LogP contribution in [0.25, 0.3) is 0 Å². The Balaban J connectivity index is 0.000000171. The van der Waals surface area contributed by atoms with Crippen molar-refractivity contribution in [2.45, 2.75) is 32.1 Å². The molecule has 0 aliphatic heterocycles. The highest BCUT2D eigenvalue weighted by Gasteiger charge is 2.32. The molecule has 5 nitrogen and oxygen atoms in total. The molecule has 2 saturated carbocycles. The Morgan fingerprint density at radius 2 is 1.43 bits per heavy atom. The number of carbonyl (C=O) groups excluding carboxylic acids is 1. The fourth-order valence-corrected chi connectivity index (χ4v) is 2.28. The second-order valence-electron chi connectivity index (χ2n) is 3.94. The van der Waals surface area contributed by atoms with Gasteiger partial charge in [-0.05, 0) is 31.1 Å². The van der Waals surface area contributed by atoms with Crippen LogP contribution in [-0.2, 0) is 15.2 Å². The largest absolute Gasteiger partial charge is 0.394 e. The van der Waals surface area contributed by atoms with E-state index in [9.17, 15) is 4.79 Å². The lowest BCUT2D eigenvalue weighted by molar-refractivity contribution is -0.121. The molecule has 0 aromatic rings. The first-order valence-electron chi connectivity index (χ1n) is 4.56. The van der Waals surface area contributed by atoms with Crippen LogP contribution in [0.2, 0.25) is 0 Å². The average Bonchev–Trinajstić information content (AvgIpc) is 2.26. The van der Waals surface area contributed by atoms with Gasteiger partial charge in [0, 0.05) is 12.8 Å². The Hall–Kier alpha value is -0.460. The molecule has 0 radical (unpaired) electrons. The van der Waals surface area contributed by atoms with Gasteiger partial charge in [-0.25, -0.2) is 0 Å². The number of ketones is 1. The first-order valence-corrected chi connectivity index (χ1v) is 5.96. The molecule has 2 unspecified atom stereocenters. The molecule has 2 aliphatic carbocycles. The molecule has 14 heavy (non-hydrogen) atoms. The van der Waals surface area contributed by atoms with E-state index >= 15 is 0 Å². The van der Waals surface area contributed by atoms with Crippen molar-refractivity contribution in [3.05, 3.63) is 0 Å². The lowest BCUT2D eigenvalue weighted by atomic mass is 9.88. The Morgan fingerprint density at radius 1 is 1.07 bits per heavy atom. The fraction of sp³-hybridized carbons (Fsp3) is 0.875.